The lowest BCUT2D eigenvalue weighted by Gasteiger charge is -2.54. The van der Waals surface area contributed by atoms with Crippen LogP contribution in [0.25, 0.3) is 0 Å². The fourth-order valence-electron chi connectivity index (χ4n) is 5.16. The Labute approximate surface area is 227 Å². The number of fused-ring (bicyclic) bond motifs is 1. The lowest BCUT2D eigenvalue weighted by atomic mass is 10.0. The Morgan fingerprint density at radius 1 is 1.05 bits per heavy atom. The summed E-state index contributed by atoms with van der Waals surface area (Å²) >= 11 is 0. The van der Waals surface area contributed by atoms with Gasteiger partial charge < -0.3 is 25.0 Å². The first-order valence-electron chi connectivity index (χ1n) is 13.0. The maximum absolute atomic E-state index is 13.5. The minimum Gasteiger partial charge on any atom is -0.497 e. The van der Waals surface area contributed by atoms with Gasteiger partial charge in [0, 0.05) is 26.6 Å². The van der Waals surface area contributed by atoms with E-state index in [1.54, 1.807) is 24.1 Å². The van der Waals surface area contributed by atoms with E-state index in [2.05, 4.69) is 5.32 Å². The molecule has 208 valence electrons. The first kappa shape index (κ1) is 27.9. The number of nitrogens with zero attached hydrogens (tertiary/aromatic N) is 4. The van der Waals surface area contributed by atoms with Gasteiger partial charge in [-0.1, -0.05) is 42.5 Å². The largest absolute Gasteiger partial charge is 0.497 e. The first-order chi connectivity index (χ1) is 18.8. The molecule has 2 fully saturated rings. The van der Waals surface area contributed by atoms with E-state index in [-0.39, 0.29) is 44.3 Å². The zero-order valence-electron chi connectivity index (χ0n) is 22.3. The number of methoxy groups -OCH3 is 1. The number of carbonyl (C=O) groups is 4. The number of rotatable bonds is 10. The Bertz CT molecular complexity index is 1170. The maximum atomic E-state index is 13.5. The van der Waals surface area contributed by atoms with Crippen molar-refractivity contribution < 1.29 is 29.0 Å². The molecular weight excluding hydrogens is 502 g/mol. The number of piperazine rings is 1. The molecule has 1 unspecified atom stereocenters. The molecule has 2 aromatic carbocycles. The van der Waals surface area contributed by atoms with E-state index in [4.69, 9.17) is 4.74 Å². The van der Waals surface area contributed by atoms with E-state index in [0.29, 0.717) is 18.7 Å². The van der Waals surface area contributed by atoms with Gasteiger partial charge in [0.25, 0.3) is 0 Å². The molecule has 2 aliphatic heterocycles. The first-order valence-corrected chi connectivity index (χ1v) is 13.0. The van der Waals surface area contributed by atoms with Gasteiger partial charge in [-0.2, -0.15) is 0 Å². The number of aliphatic carboxylic acids is 1. The number of carbonyl (C=O) groups excluding carboxylic acids is 3. The summed E-state index contributed by atoms with van der Waals surface area (Å²) in [6, 6.07) is 15.9. The fourth-order valence-corrected chi connectivity index (χ4v) is 5.16. The molecule has 2 aromatic rings. The summed E-state index contributed by atoms with van der Waals surface area (Å²) in [5.74, 6) is -0.927. The van der Waals surface area contributed by atoms with Crippen LogP contribution in [0.15, 0.2) is 54.6 Å². The quantitative estimate of drug-likeness (QED) is 0.475. The third-order valence-electron chi connectivity index (χ3n) is 7.12. The van der Waals surface area contributed by atoms with Crippen LogP contribution in [0.1, 0.15) is 30.4 Å². The van der Waals surface area contributed by atoms with Crippen LogP contribution in [-0.4, -0.2) is 94.7 Å². The standard InChI is InChI=1S/C28H35N5O6/c1-30-19-25(34)32-23(14-15-26(35)36)27(37)31(16-6-9-20-7-4-3-5-8-20)18-24(32)33(30)28(38)29-17-21-10-12-22(39-2)13-11-21/h3-5,7-8,10-13,23-24H,6,9,14-19H2,1-2H3,(H,29,38)(H,35,36)/t23-,24?/m0/s1. The molecule has 0 saturated carbocycles. The second kappa shape index (κ2) is 12.6. The number of hydrazine groups is 1. The topological polar surface area (TPSA) is 123 Å². The molecule has 2 heterocycles. The Morgan fingerprint density at radius 3 is 2.44 bits per heavy atom. The van der Waals surface area contributed by atoms with Crippen LogP contribution in [0, 0.1) is 0 Å². The van der Waals surface area contributed by atoms with Crippen LogP contribution >= 0.6 is 0 Å². The lowest BCUT2D eigenvalue weighted by Crippen LogP contribution is -2.76. The normalized spacial score (nSPS) is 19.6. The number of hydrogen-bond donors (Lipinski definition) is 2. The summed E-state index contributed by atoms with van der Waals surface area (Å²) < 4.78 is 5.18. The number of carboxylic acids is 1. The molecule has 4 rings (SSSR count). The van der Waals surface area contributed by atoms with Crippen LogP contribution in [0.2, 0.25) is 0 Å². The molecule has 2 N–H and O–H groups in total. The van der Waals surface area contributed by atoms with Crippen molar-refractivity contribution in [3.05, 3.63) is 65.7 Å². The van der Waals surface area contributed by atoms with Crippen LogP contribution in [0.3, 0.4) is 0 Å². The van der Waals surface area contributed by atoms with Crippen LogP contribution < -0.4 is 10.1 Å². The molecule has 2 atom stereocenters. The second-order valence-corrected chi connectivity index (χ2v) is 9.77. The average Bonchev–Trinajstić information content (AvgIpc) is 2.92. The number of aryl methyl sites for hydroxylation is 1. The van der Waals surface area contributed by atoms with Crippen molar-refractivity contribution in [1.29, 1.82) is 0 Å². The number of carboxylic acid groups (broad SMARTS) is 1. The molecule has 39 heavy (non-hydrogen) atoms. The molecule has 0 radical (unpaired) electrons. The predicted molar refractivity (Wildman–Crippen MR) is 142 cm³/mol. The Hall–Kier alpha value is -4.12. The Balaban J connectivity index is 1.52. The van der Waals surface area contributed by atoms with Gasteiger partial charge in [-0.05, 0) is 42.5 Å². The number of urea groups is 1. The van der Waals surface area contributed by atoms with Crippen LogP contribution in [0.5, 0.6) is 5.75 Å². The number of hydrogen-bond acceptors (Lipinski definition) is 6. The van der Waals surface area contributed by atoms with Crippen molar-refractivity contribution in [2.75, 3.05) is 33.8 Å². The lowest BCUT2D eigenvalue weighted by molar-refractivity contribution is -0.187. The minimum absolute atomic E-state index is 0.0172. The van der Waals surface area contributed by atoms with Crippen molar-refractivity contribution in [3.8, 4) is 5.75 Å². The molecule has 2 saturated heterocycles. The molecule has 11 nitrogen and oxygen atoms in total. The van der Waals surface area contributed by atoms with Gasteiger partial charge >= 0.3 is 12.0 Å². The highest BCUT2D eigenvalue weighted by Gasteiger charge is 2.50. The molecule has 0 aromatic heterocycles. The summed E-state index contributed by atoms with van der Waals surface area (Å²) in [5, 5.41) is 15.2. The van der Waals surface area contributed by atoms with E-state index in [0.717, 1.165) is 17.5 Å². The fraction of sp³-hybridized carbons (Fsp3) is 0.429. The van der Waals surface area contributed by atoms with E-state index in [1.807, 2.05) is 54.6 Å². The summed E-state index contributed by atoms with van der Waals surface area (Å²) in [6.45, 7) is 0.734. The smallest absolute Gasteiger partial charge is 0.334 e. The maximum Gasteiger partial charge on any atom is 0.334 e. The van der Waals surface area contributed by atoms with E-state index >= 15 is 0 Å². The predicted octanol–water partition coefficient (Wildman–Crippen LogP) is 1.93. The van der Waals surface area contributed by atoms with Gasteiger partial charge in [0.2, 0.25) is 11.8 Å². The van der Waals surface area contributed by atoms with Gasteiger partial charge in [0.05, 0.1) is 20.2 Å². The van der Waals surface area contributed by atoms with E-state index < -0.39 is 24.2 Å². The van der Waals surface area contributed by atoms with Gasteiger partial charge in [0.15, 0.2) is 0 Å². The SMILES string of the molecule is COc1ccc(CNC(=O)N2C3CN(CCCc4ccccc4)C(=O)[C@H](CCC(=O)O)N3C(=O)CN2C)cc1. The molecule has 0 spiro atoms. The highest BCUT2D eigenvalue weighted by Crippen LogP contribution is 2.28. The number of nitrogens with one attached hydrogen (secondary N) is 1. The van der Waals surface area contributed by atoms with Crippen LogP contribution in [0.4, 0.5) is 4.79 Å². The molecule has 2 aliphatic rings. The third kappa shape index (κ3) is 6.66. The number of ether oxygens (including phenoxy) is 1. The van der Waals surface area contributed by atoms with Crippen molar-refractivity contribution in [3.63, 3.8) is 0 Å². The van der Waals surface area contributed by atoms with Crippen LogP contribution in [-0.2, 0) is 27.3 Å². The van der Waals surface area contributed by atoms with E-state index in [1.165, 1.54) is 9.91 Å². The summed E-state index contributed by atoms with van der Waals surface area (Å²) in [4.78, 5) is 54.5. The summed E-state index contributed by atoms with van der Waals surface area (Å²) in [6.07, 6.45) is 0.437. The minimum atomic E-state index is -1.05. The monoisotopic (exact) mass is 537 g/mol. The molecule has 11 heteroatoms. The van der Waals surface area contributed by atoms with Gasteiger partial charge in [-0.25, -0.2) is 14.8 Å². The second-order valence-electron chi connectivity index (χ2n) is 9.77. The zero-order valence-corrected chi connectivity index (χ0v) is 22.3. The van der Waals surface area contributed by atoms with E-state index in [9.17, 15) is 24.3 Å². The number of benzene rings is 2. The Kier molecular flexibility index (Phi) is 9.03. The number of amides is 4. The zero-order chi connectivity index (χ0) is 27.9. The van der Waals surface area contributed by atoms with Gasteiger partial charge in [0.1, 0.15) is 18.0 Å². The summed E-state index contributed by atoms with van der Waals surface area (Å²) in [7, 11) is 3.24. The molecular formula is C28H35N5O6. The van der Waals surface area contributed by atoms with Gasteiger partial charge in [-0.3, -0.25) is 14.4 Å². The highest BCUT2D eigenvalue weighted by atomic mass is 16.5. The number of likely N-dealkylation sites (N-methyl/N-ethyl adjacent to an activating group) is 1. The molecule has 4 amide bonds. The molecule has 0 bridgehead atoms. The van der Waals surface area contributed by atoms with Gasteiger partial charge in [-0.15, -0.1) is 0 Å². The third-order valence-corrected chi connectivity index (χ3v) is 7.12. The average molecular weight is 538 g/mol. The highest BCUT2D eigenvalue weighted by molar-refractivity contribution is 5.91. The Morgan fingerprint density at radius 2 is 1.77 bits per heavy atom. The van der Waals surface area contributed by atoms with Crippen molar-refractivity contribution >= 4 is 23.8 Å². The summed E-state index contributed by atoms with van der Waals surface area (Å²) in [5.41, 5.74) is 2.02. The molecule has 0 aliphatic carbocycles. The van der Waals surface area contributed by atoms with Crippen molar-refractivity contribution in [1.82, 2.24) is 25.1 Å². The van der Waals surface area contributed by atoms with Crippen molar-refractivity contribution in [2.24, 2.45) is 0 Å². The van der Waals surface area contributed by atoms with Crippen molar-refractivity contribution in [2.45, 2.75) is 44.4 Å².